The Hall–Kier alpha value is -3.83. The minimum absolute atomic E-state index is 0.00380. The average molecular weight is 490 g/mol. The van der Waals surface area contributed by atoms with Crippen molar-refractivity contribution in [3.8, 4) is 0 Å². The van der Waals surface area contributed by atoms with Crippen LogP contribution in [0.15, 0.2) is 65.6 Å². The summed E-state index contributed by atoms with van der Waals surface area (Å²) in [7, 11) is -4.54. The Morgan fingerprint density at radius 2 is 1.42 bits per heavy atom. The van der Waals surface area contributed by atoms with Crippen molar-refractivity contribution in [2.24, 2.45) is 0 Å². The van der Waals surface area contributed by atoms with Gasteiger partial charge < -0.3 is 0 Å². The minimum Gasteiger partial charge on any atom is -0.268 e. The third-order valence-corrected chi connectivity index (χ3v) is 6.65. The van der Waals surface area contributed by atoms with Gasteiger partial charge in [-0.05, 0) is 55.3 Å². The molecule has 1 amide bonds. The van der Waals surface area contributed by atoms with Crippen LogP contribution in [-0.4, -0.2) is 24.2 Å². The molecular formula is C21H16ClN3O7S. The maximum absolute atomic E-state index is 13.6. The van der Waals surface area contributed by atoms with E-state index in [1.807, 2.05) is 0 Å². The van der Waals surface area contributed by atoms with E-state index in [1.54, 1.807) is 26.0 Å². The van der Waals surface area contributed by atoms with E-state index in [2.05, 4.69) is 0 Å². The molecular weight excluding hydrogens is 474 g/mol. The number of benzene rings is 3. The molecule has 3 rings (SSSR count). The zero-order chi connectivity index (χ0) is 24.5. The fourth-order valence-corrected chi connectivity index (χ4v) is 4.64. The van der Waals surface area contributed by atoms with Gasteiger partial charge in [-0.25, -0.2) is 8.42 Å². The molecule has 0 aliphatic carbocycles. The lowest BCUT2D eigenvalue weighted by Gasteiger charge is -2.24. The minimum atomic E-state index is -4.54. The van der Waals surface area contributed by atoms with Crippen LogP contribution in [-0.2, 0) is 10.0 Å². The predicted molar refractivity (Wildman–Crippen MR) is 121 cm³/mol. The number of non-ortho nitro benzene ring substituents is 2. The average Bonchev–Trinajstić information content (AvgIpc) is 2.76. The van der Waals surface area contributed by atoms with Crippen LogP contribution in [0.25, 0.3) is 0 Å². The highest BCUT2D eigenvalue weighted by atomic mass is 35.5. The smallest absolute Gasteiger partial charge is 0.268 e. The van der Waals surface area contributed by atoms with Crippen molar-refractivity contribution in [3.05, 3.63) is 103 Å². The van der Waals surface area contributed by atoms with E-state index >= 15 is 0 Å². The van der Waals surface area contributed by atoms with Gasteiger partial charge in [-0.1, -0.05) is 23.7 Å². The van der Waals surface area contributed by atoms with Crippen LogP contribution >= 0.6 is 11.6 Å². The number of nitro benzene ring substituents is 2. The molecule has 0 saturated heterocycles. The predicted octanol–water partition coefficient (Wildman–Crippen LogP) is 4.81. The Labute approximate surface area is 193 Å². The molecule has 0 radical (unpaired) electrons. The summed E-state index contributed by atoms with van der Waals surface area (Å²) in [5, 5.41) is 22.8. The summed E-state index contributed by atoms with van der Waals surface area (Å²) in [4.78, 5) is 34.0. The first-order valence-corrected chi connectivity index (χ1v) is 11.1. The molecule has 170 valence electrons. The normalized spacial score (nSPS) is 11.1. The van der Waals surface area contributed by atoms with E-state index in [0.29, 0.717) is 21.5 Å². The number of nitrogens with zero attached hydrogens (tertiary/aromatic N) is 3. The van der Waals surface area contributed by atoms with Crippen LogP contribution in [0.1, 0.15) is 21.5 Å². The van der Waals surface area contributed by atoms with Gasteiger partial charge in [0, 0.05) is 17.2 Å². The number of carbonyl (C=O) groups is 1. The van der Waals surface area contributed by atoms with Gasteiger partial charge in [-0.2, -0.15) is 4.31 Å². The Bertz CT molecular complexity index is 1360. The van der Waals surface area contributed by atoms with E-state index < -0.39 is 42.7 Å². The molecule has 0 aliphatic rings. The Morgan fingerprint density at radius 1 is 0.879 bits per heavy atom. The number of sulfonamides is 1. The van der Waals surface area contributed by atoms with Crippen molar-refractivity contribution < 1.29 is 23.1 Å². The van der Waals surface area contributed by atoms with Gasteiger partial charge in [0.05, 0.1) is 32.1 Å². The van der Waals surface area contributed by atoms with Gasteiger partial charge in [0.1, 0.15) is 0 Å². The van der Waals surface area contributed by atoms with Crippen LogP contribution in [0.4, 0.5) is 17.1 Å². The van der Waals surface area contributed by atoms with E-state index in [9.17, 15) is 33.4 Å². The molecule has 12 heteroatoms. The highest BCUT2D eigenvalue weighted by Crippen LogP contribution is 2.32. The van der Waals surface area contributed by atoms with Gasteiger partial charge >= 0.3 is 0 Å². The van der Waals surface area contributed by atoms with Crippen LogP contribution in [0.5, 0.6) is 0 Å². The van der Waals surface area contributed by atoms with Gasteiger partial charge in [0.25, 0.3) is 27.3 Å². The van der Waals surface area contributed by atoms with E-state index in [1.165, 1.54) is 30.3 Å². The monoisotopic (exact) mass is 489 g/mol. The van der Waals surface area contributed by atoms with Crippen LogP contribution in [0, 0.1) is 34.1 Å². The number of carbonyl (C=O) groups excluding carboxylic acids is 1. The topological polar surface area (TPSA) is 141 Å². The number of nitro groups is 2. The molecule has 0 heterocycles. The van der Waals surface area contributed by atoms with Gasteiger partial charge in [-0.15, -0.1) is 0 Å². The number of anilines is 1. The molecule has 10 nitrogen and oxygen atoms in total. The highest BCUT2D eigenvalue weighted by molar-refractivity contribution is 7.93. The standard InChI is InChI=1S/C21H16ClN3O7S/c1-13-3-4-14(2)20(9-13)23(33(31,32)19-7-5-16(22)6-8-19)21(26)15-10-17(24(27)28)12-18(11-15)25(29)30/h3-12H,1-2H3. The number of halogens is 1. The largest absolute Gasteiger partial charge is 0.277 e. The number of amides is 1. The first-order chi connectivity index (χ1) is 15.4. The van der Waals surface area contributed by atoms with Crippen molar-refractivity contribution in [2.45, 2.75) is 18.7 Å². The van der Waals surface area contributed by atoms with Crippen LogP contribution < -0.4 is 4.31 Å². The highest BCUT2D eigenvalue weighted by Gasteiger charge is 2.34. The van der Waals surface area contributed by atoms with Gasteiger partial charge in [0.2, 0.25) is 0 Å². The summed E-state index contributed by atoms with van der Waals surface area (Å²) in [5.74, 6) is -1.19. The van der Waals surface area contributed by atoms with Gasteiger partial charge in [0.15, 0.2) is 0 Å². The summed E-state index contributed by atoms with van der Waals surface area (Å²) in [6.07, 6.45) is 0. The zero-order valence-corrected chi connectivity index (χ0v) is 18.8. The maximum atomic E-state index is 13.6. The Kier molecular flexibility index (Phi) is 6.47. The van der Waals surface area contributed by atoms with Crippen LogP contribution in [0.2, 0.25) is 5.02 Å². The fraction of sp³-hybridized carbons (Fsp3) is 0.0952. The lowest BCUT2D eigenvalue weighted by molar-refractivity contribution is -0.394. The molecule has 0 saturated carbocycles. The quantitative estimate of drug-likeness (QED) is 0.357. The SMILES string of the molecule is Cc1ccc(C)c(N(C(=O)c2cc([N+](=O)[O-])cc([N+](=O)[O-])c2)S(=O)(=O)c2ccc(Cl)cc2)c1. The fourth-order valence-electron chi connectivity index (χ4n) is 3.04. The molecule has 3 aromatic rings. The van der Waals surface area contributed by atoms with Gasteiger partial charge in [-0.3, -0.25) is 25.0 Å². The third kappa shape index (κ3) is 4.83. The Balaban J connectivity index is 2.30. The number of hydrogen-bond acceptors (Lipinski definition) is 7. The van der Waals surface area contributed by atoms with Crippen molar-refractivity contribution >= 4 is 44.6 Å². The first-order valence-electron chi connectivity index (χ1n) is 9.28. The lowest BCUT2D eigenvalue weighted by atomic mass is 10.1. The van der Waals surface area contributed by atoms with Crippen LogP contribution in [0.3, 0.4) is 0 Å². The number of aryl methyl sites for hydroxylation is 2. The molecule has 0 bridgehead atoms. The second kappa shape index (κ2) is 8.96. The summed E-state index contributed by atoms with van der Waals surface area (Å²) in [6.45, 7) is 3.28. The van der Waals surface area contributed by atoms with Crippen molar-refractivity contribution in [1.82, 2.24) is 0 Å². The molecule has 0 fully saturated rings. The molecule has 0 spiro atoms. The summed E-state index contributed by atoms with van der Waals surface area (Å²) in [5.41, 5.74) is -0.913. The molecule has 3 aromatic carbocycles. The van der Waals surface area contributed by atoms with Crippen molar-refractivity contribution in [2.75, 3.05) is 4.31 Å². The number of rotatable bonds is 6. The van der Waals surface area contributed by atoms with Crippen molar-refractivity contribution in [1.29, 1.82) is 0 Å². The summed E-state index contributed by atoms with van der Waals surface area (Å²) < 4.78 is 27.6. The second-order valence-electron chi connectivity index (χ2n) is 7.07. The molecule has 0 aromatic heterocycles. The second-order valence-corrected chi connectivity index (χ2v) is 9.29. The third-order valence-electron chi connectivity index (χ3n) is 4.69. The van der Waals surface area contributed by atoms with Crippen molar-refractivity contribution in [3.63, 3.8) is 0 Å². The van der Waals surface area contributed by atoms with E-state index in [-0.39, 0.29) is 15.6 Å². The molecule has 33 heavy (non-hydrogen) atoms. The summed E-state index contributed by atoms with van der Waals surface area (Å²) in [6, 6.07) is 12.1. The molecule has 0 atom stereocenters. The van der Waals surface area contributed by atoms with E-state index in [4.69, 9.17) is 11.6 Å². The maximum Gasteiger partial charge on any atom is 0.277 e. The number of hydrogen-bond donors (Lipinski definition) is 0. The Morgan fingerprint density at radius 3 is 1.94 bits per heavy atom. The molecule has 0 aliphatic heterocycles. The first kappa shape index (κ1) is 23.8. The molecule has 0 N–H and O–H groups in total. The van der Waals surface area contributed by atoms with E-state index in [0.717, 1.165) is 12.1 Å². The summed E-state index contributed by atoms with van der Waals surface area (Å²) >= 11 is 5.85. The molecule has 0 unspecified atom stereocenters. The zero-order valence-electron chi connectivity index (χ0n) is 17.3. The lowest BCUT2D eigenvalue weighted by Crippen LogP contribution is -2.37.